The van der Waals surface area contributed by atoms with Gasteiger partial charge in [-0.1, -0.05) is 58.1 Å². The van der Waals surface area contributed by atoms with Crippen LogP contribution in [-0.4, -0.2) is 23.9 Å². The molecule has 0 bridgehead atoms. The van der Waals surface area contributed by atoms with Crippen LogP contribution in [0.25, 0.3) is 0 Å². The van der Waals surface area contributed by atoms with E-state index in [-0.39, 0.29) is 0 Å². The molecule has 0 aromatic carbocycles. The lowest BCUT2D eigenvalue weighted by molar-refractivity contribution is -0.130. The van der Waals surface area contributed by atoms with Gasteiger partial charge in [-0.2, -0.15) is 0 Å². The summed E-state index contributed by atoms with van der Waals surface area (Å²) in [7, 11) is 0. The molecule has 0 N–H and O–H groups in total. The number of hydrogen-bond acceptors (Lipinski definition) is 1. The number of likely N-dealkylation sites (tertiary alicyclic amines) is 1. The first-order chi connectivity index (χ1) is 11.2. The van der Waals surface area contributed by atoms with Gasteiger partial charge in [0.05, 0.1) is 0 Å². The van der Waals surface area contributed by atoms with E-state index in [4.69, 9.17) is 0 Å². The van der Waals surface area contributed by atoms with Gasteiger partial charge in [0, 0.05) is 19.5 Å². The maximum atomic E-state index is 11.9. The molecule has 1 rings (SSSR count). The zero-order chi connectivity index (χ0) is 16.8. The van der Waals surface area contributed by atoms with Gasteiger partial charge >= 0.3 is 0 Å². The van der Waals surface area contributed by atoms with Crippen LogP contribution in [-0.2, 0) is 4.79 Å². The minimum atomic E-state index is 0.394. The van der Waals surface area contributed by atoms with Crippen LogP contribution in [0, 0.1) is 5.92 Å². The lowest BCUT2D eigenvalue weighted by Gasteiger charge is -2.14. The predicted molar refractivity (Wildman–Crippen MR) is 101 cm³/mol. The van der Waals surface area contributed by atoms with E-state index in [1.165, 1.54) is 70.6 Å². The molecule has 0 aromatic heterocycles. The molecule has 0 unspecified atom stereocenters. The Morgan fingerprint density at radius 1 is 0.870 bits per heavy atom. The van der Waals surface area contributed by atoms with Crippen molar-refractivity contribution in [3.63, 3.8) is 0 Å². The molecule has 0 aromatic rings. The van der Waals surface area contributed by atoms with Gasteiger partial charge < -0.3 is 4.90 Å². The fraction of sp³-hybridized carbons (Fsp3) is 0.857. The Bertz CT molecular complexity index is 316. The molecule has 2 nitrogen and oxygen atoms in total. The zero-order valence-electron chi connectivity index (χ0n) is 15.7. The van der Waals surface area contributed by atoms with Crippen LogP contribution in [0.2, 0.25) is 0 Å². The van der Waals surface area contributed by atoms with Gasteiger partial charge in [-0.25, -0.2) is 0 Å². The van der Waals surface area contributed by atoms with E-state index in [2.05, 4.69) is 26.0 Å². The van der Waals surface area contributed by atoms with Crippen molar-refractivity contribution in [3.05, 3.63) is 12.2 Å². The van der Waals surface area contributed by atoms with E-state index in [1.807, 2.05) is 4.90 Å². The number of unbranched alkanes of at least 4 members (excludes halogenated alkanes) is 7. The van der Waals surface area contributed by atoms with Gasteiger partial charge in [-0.3, -0.25) is 4.79 Å². The number of amides is 1. The highest BCUT2D eigenvalue weighted by Gasteiger charge is 2.16. The first-order valence-electron chi connectivity index (χ1n) is 10.1. The molecule has 1 aliphatic heterocycles. The van der Waals surface area contributed by atoms with E-state index in [9.17, 15) is 4.79 Å². The van der Waals surface area contributed by atoms with Crippen molar-refractivity contribution in [3.8, 4) is 0 Å². The predicted octanol–water partition coefficient (Wildman–Crippen LogP) is 6.11. The smallest absolute Gasteiger partial charge is 0.222 e. The van der Waals surface area contributed by atoms with Gasteiger partial charge in [0.2, 0.25) is 5.91 Å². The third kappa shape index (κ3) is 11.4. The molecule has 0 radical (unpaired) electrons. The molecule has 134 valence electrons. The lowest BCUT2D eigenvalue weighted by atomic mass is 10.1. The van der Waals surface area contributed by atoms with Crippen LogP contribution in [0.4, 0.5) is 0 Å². The Balaban J connectivity index is 1.79. The van der Waals surface area contributed by atoms with Crippen LogP contribution < -0.4 is 0 Å². The van der Waals surface area contributed by atoms with Crippen LogP contribution in [0.1, 0.15) is 97.3 Å². The first-order valence-corrected chi connectivity index (χ1v) is 10.1. The molecule has 1 aliphatic rings. The topological polar surface area (TPSA) is 20.3 Å². The molecule has 0 atom stereocenters. The summed E-state index contributed by atoms with van der Waals surface area (Å²) in [6.45, 7) is 6.60. The van der Waals surface area contributed by atoms with Crippen LogP contribution in [0.15, 0.2) is 12.2 Å². The normalized spacial score (nSPS) is 15.2. The van der Waals surface area contributed by atoms with Crippen molar-refractivity contribution in [1.82, 2.24) is 4.90 Å². The van der Waals surface area contributed by atoms with E-state index >= 15 is 0 Å². The average molecular weight is 322 g/mol. The minimum Gasteiger partial charge on any atom is -0.343 e. The zero-order valence-corrected chi connectivity index (χ0v) is 15.7. The molecule has 0 spiro atoms. The van der Waals surface area contributed by atoms with Crippen LogP contribution >= 0.6 is 0 Å². The van der Waals surface area contributed by atoms with Crippen molar-refractivity contribution >= 4 is 5.91 Å². The number of hydrogen-bond donors (Lipinski definition) is 0. The molecular weight excluding hydrogens is 282 g/mol. The lowest BCUT2D eigenvalue weighted by Crippen LogP contribution is -2.27. The summed E-state index contributed by atoms with van der Waals surface area (Å²) in [5, 5.41) is 0. The summed E-state index contributed by atoms with van der Waals surface area (Å²) in [6, 6.07) is 0. The van der Waals surface area contributed by atoms with E-state index < -0.39 is 0 Å². The van der Waals surface area contributed by atoms with Gasteiger partial charge in [0.25, 0.3) is 0 Å². The summed E-state index contributed by atoms with van der Waals surface area (Å²) in [4.78, 5) is 13.9. The highest BCUT2D eigenvalue weighted by molar-refractivity contribution is 5.76. The molecule has 2 heteroatoms. The van der Waals surface area contributed by atoms with Gasteiger partial charge in [-0.05, 0) is 50.9 Å². The summed E-state index contributed by atoms with van der Waals surface area (Å²) in [6.07, 6.45) is 20.7. The van der Waals surface area contributed by atoms with Crippen molar-refractivity contribution < 1.29 is 4.79 Å². The highest BCUT2D eigenvalue weighted by atomic mass is 16.2. The summed E-state index contributed by atoms with van der Waals surface area (Å²) >= 11 is 0. The van der Waals surface area contributed by atoms with Crippen molar-refractivity contribution in [2.75, 3.05) is 13.1 Å². The largest absolute Gasteiger partial charge is 0.343 e. The Labute approximate surface area is 144 Å². The molecule has 23 heavy (non-hydrogen) atoms. The molecule has 1 fully saturated rings. The van der Waals surface area contributed by atoms with E-state index in [0.29, 0.717) is 5.91 Å². The molecular formula is C21H39NO. The van der Waals surface area contributed by atoms with Crippen LogP contribution in [0.5, 0.6) is 0 Å². The third-order valence-corrected chi connectivity index (χ3v) is 4.79. The second-order valence-corrected chi connectivity index (χ2v) is 7.54. The Kier molecular flexibility index (Phi) is 12.0. The molecule has 1 amide bonds. The van der Waals surface area contributed by atoms with Crippen molar-refractivity contribution in [1.29, 1.82) is 0 Å². The minimum absolute atomic E-state index is 0.394. The van der Waals surface area contributed by atoms with Gasteiger partial charge in [0.15, 0.2) is 0 Å². The van der Waals surface area contributed by atoms with E-state index in [0.717, 1.165) is 31.8 Å². The quantitative estimate of drug-likeness (QED) is 0.296. The Hall–Kier alpha value is -0.790. The Morgan fingerprint density at radius 2 is 1.43 bits per heavy atom. The standard InChI is InChI=1S/C21H39NO/c1-20(2)16-12-10-8-6-4-3-5-7-9-11-13-17-21(23)22-18-14-15-19-22/h6,8,20H,3-5,7,9-19H2,1-2H3/b8-6-. The monoisotopic (exact) mass is 321 g/mol. The van der Waals surface area contributed by atoms with Crippen molar-refractivity contribution in [2.24, 2.45) is 5.92 Å². The third-order valence-electron chi connectivity index (χ3n) is 4.79. The fourth-order valence-corrected chi connectivity index (χ4v) is 3.25. The van der Waals surface area contributed by atoms with Gasteiger partial charge in [0.1, 0.15) is 0 Å². The Morgan fingerprint density at radius 3 is 2.09 bits per heavy atom. The second kappa shape index (κ2) is 13.6. The average Bonchev–Trinajstić information content (AvgIpc) is 3.05. The van der Waals surface area contributed by atoms with Crippen LogP contribution in [0.3, 0.4) is 0 Å². The summed E-state index contributed by atoms with van der Waals surface area (Å²) in [5.74, 6) is 1.24. The van der Waals surface area contributed by atoms with E-state index in [1.54, 1.807) is 0 Å². The number of allylic oxidation sites excluding steroid dienone is 2. The molecule has 0 aliphatic carbocycles. The number of carbonyl (C=O) groups excluding carboxylic acids is 1. The van der Waals surface area contributed by atoms with Crippen molar-refractivity contribution in [2.45, 2.75) is 97.3 Å². The second-order valence-electron chi connectivity index (χ2n) is 7.54. The number of carbonyl (C=O) groups is 1. The molecule has 0 saturated carbocycles. The maximum absolute atomic E-state index is 11.9. The highest BCUT2D eigenvalue weighted by Crippen LogP contribution is 2.13. The van der Waals surface area contributed by atoms with Gasteiger partial charge in [-0.15, -0.1) is 0 Å². The SMILES string of the molecule is CC(C)CCC/C=C\CCCCCCCCC(=O)N1CCCC1. The summed E-state index contributed by atoms with van der Waals surface area (Å²) < 4.78 is 0. The first kappa shape index (κ1) is 20.3. The molecule has 1 heterocycles. The molecule has 1 saturated heterocycles. The number of nitrogens with zero attached hydrogens (tertiary/aromatic N) is 1. The maximum Gasteiger partial charge on any atom is 0.222 e. The number of rotatable bonds is 13. The fourth-order valence-electron chi connectivity index (χ4n) is 3.25. The summed E-state index contributed by atoms with van der Waals surface area (Å²) in [5.41, 5.74) is 0.